The van der Waals surface area contributed by atoms with E-state index < -0.39 is 0 Å². The maximum absolute atomic E-state index is 12.1. The van der Waals surface area contributed by atoms with E-state index in [9.17, 15) is 9.59 Å². The van der Waals surface area contributed by atoms with Gasteiger partial charge in [0.25, 0.3) is 5.91 Å². The van der Waals surface area contributed by atoms with Gasteiger partial charge in [-0.25, -0.2) is 0 Å². The molecule has 0 saturated carbocycles. The van der Waals surface area contributed by atoms with E-state index in [1.165, 1.54) is 11.3 Å². The summed E-state index contributed by atoms with van der Waals surface area (Å²) in [5, 5.41) is 11.1. The van der Waals surface area contributed by atoms with Crippen molar-refractivity contribution in [1.29, 1.82) is 0 Å². The zero-order valence-corrected chi connectivity index (χ0v) is 17.0. The van der Waals surface area contributed by atoms with Gasteiger partial charge in [-0.3, -0.25) is 9.59 Å². The Balaban J connectivity index is 1.49. The third kappa shape index (κ3) is 5.88. The number of amides is 2. The topological polar surface area (TPSA) is 70.2 Å². The zero-order chi connectivity index (χ0) is 19.9. The van der Waals surface area contributed by atoms with E-state index in [2.05, 4.69) is 16.0 Å². The number of carbonyl (C=O) groups is 2. The van der Waals surface area contributed by atoms with Crippen LogP contribution in [0.25, 0.3) is 0 Å². The molecule has 28 heavy (non-hydrogen) atoms. The Morgan fingerprint density at radius 1 is 0.929 bits per heavy atom. The van der Waals surface area contributed by atoms with Crippen molar-refractivity contribution >= 4 is 63.5 Å². The summed E-state index contributed by atoms with van der Waals surface area (Å²) in [5.74, 6) is -0.375. The fourth-order valence-corrected chi connectivity index (χ4v) is 3.33. The molecule has 0 fully saturated rings. The zero-order valence-electron chi connectivity index (χ0n) is 14.6. The van der Waals surface area contributed by atoms with Crippen molar-refractivity contribution in [3.8, 4) is 0 Å². The summed E-state index contributed by atoms with van der Waals surface area (Å²) in [5.41, 5.74) is 2.21. The normalized spacial score (nSPS) is 10.2. The average Bonchev–Trinajstić information content (AvgIpc) is 3.20. The number of thiophene rings is 1. The van der Waals surface area contributed by atoms with Crippen LogP contribution in [0.4, 0.5) is 11.4 Å². The van der Waals surface area contributed by atoms with E-state index in [-0.39, 0.29) is 23.3 Å². The number of hydrogen-bond acceptors (Lipinski definition) is 4. The number of halogens is 1. The molecule has 3 aromatic rings. The Morgan fingerprint density at radius 2 is 1.57 bits per heavy atom. The third-order valence-electron chi connectivity index (χ3n) is 3.68. The summed E-state index contributed by atoms with van der Waals surface area (Å²) in [4.78, 5) is 24.7. The lowest BCUT2D eigenvalue weighted by atomic mass is 10.1. The molecule has 0 aliphatic rings. The van der Waals surface area contributed by atoms with E-state index in [4.69, 9.17) is 23.8 Å². The lowest BCUT2D eigenvalue weighted by Gasteiger charge is -2.10. The first-order valence-corrected chi connectivity index (χ1v) is 9.96. The van der Waals surface area contributed by atoms with Gasteiger partial charge < -0.3 is 16.0 Å². The molecule has 0 spiro atoms. The molecule has 1 heterocycles. The molecule has 5 nitrogen and oxygen atoms in total. The van der Waals surface area contributed by atoms with Gasteiger partial charge in [-0.05, 0) is 65.6 Å². The first kappa shape index (κ1) is 20.0. The molecular formula is C20H16ClN3O2S2. The van der Waals surface area contributed by atoms with Crippen molar-refractivity contribution in [2.45, 2.75) is 6.42 Å². The predicted octanol–water partition coefficient (Wildman–Crippen LogP) is 4.71. The number of thiocarbonyl (C=S) groups is 1. The van der Waals surface area contributed by atoms with Gasteiger partial charge in [0.2, 0.25) is 5.91 Å². The van der Waals surface area contributed by atoms with Crippen LogP contribution in [0.2, 0.25) is 5.02 Å². The SMILES string of the molecule is O=C(Cc1ccc(Cl)cc1)NC(=S)Nc1ccc(NC(=O)c2cccs2)cc1. The van der Waals surface area contributed by atoms with Crippen molar-refractivity contribution in [3.05, 3.63) is 81.5 Å². The first-order chi connectivity index (χ1) is 13.5. The van der Waals surface area contributed by atoms with Crippen LogP contribution in [0.1, 0.15) is 15.2 Å². The number of hydrogen-bond donors (Lipinski definition) is 3. The Morgan fingerprint density at radius 3 is 2.18 bits per heavy atom. The molecule has 0 bridgehead atoms. The molecule has 142 valence electrons. The van der Waals surface area contributed by atoms with Gasteiger partial charge in [0.05, 0.1) is 11.3 Å². The molecule has 0 atom stereocenters. The minimum Gasteiger partial charge on any atom is -0.332 e. The fraction of sp³-hybridized carbons (Fsp3) is 0.0500. The molecule has 3 rings (SSSR count). The van der Waals surface area contributed by atoms with Gasteiger partial charge in [0.1, 0.15) is 0 Å². The van der Waals surface area contributed by atoms with Crippen LogP contribution < -0.4 is 16.0 Å². The highest BCUT2D eigenvalue weighted by Gasteiger charge is 2.08. The quantitative estimate of drug-likeness (QED) is 0.514. The van der Waals surface area contributed by atoms with E-state index in [0.717, 1.165) is 5.56 Å². The minimum atomic E-state index is -0.223. The maximum atomic E-state index is 12.1. The second-order valence-corrected chi connectivity index (χ2v) is 7.61. The van der Waals surface area contributed by atoms with Gasteiger partial charge in [0.15, 0.2) is 5.11 Å². The molecule has 0 unspecified atom stereocenters. The number of carbonyl (C=O) groups excluding carboxylic acids is 2. The summed E-state index contributed by atoms with van der Waals surface area (Å²) in [6.45, 7) is 0. The molecule has 0 radical (unpaired) electrons. The fourth-order valence-electron chi connectivity index (χ4n) is 2.36. The molecule has 0 saturated heterocycles. The highest BCUT2D eigenvalue weighted by Crippen LogP contribution is 2.16. The highest BCUT2D eigenvalue weighted by molar-refractivity contribution is 7.80. The lowest BCUT2D eigenvalue weighted by Crippen LogP contribution is -2.35. The summed E-state index contributed by atoms with van der Waals surface area (Å²) < 4.78 is 0. The van der Waals surface area contributed by atoms with Crippen LogP contribution in [-0.4, -0.2) is 16.9 Å². The molecule has 8 heteroatoms. The van der Waals surface area contributed by atoms with Crippen molar-refractivity contribution in [1.82, 2.24) is 5.32 Å². The average molecular weight is 430 g/mol. The summed E-state index contributed by atoms with van der Waals surface area (Å²) in [6, 6.07) is 17.7. The summed E-state index contributed by atoms with van der Waals surface area (Å²) >= 11 is 12.4. The van der Waals surface area contributed by atoms with Gasteiger partial charge >= 0.3 is 0 Å². The number of nitrogens with one attached hydrogen (secondary N) is 3. The van der Waals surface area contributed by atoms with E-state index in [1.54, 1.807) is 54.6 Å². The molecular weight excluding hydrogens is 414 g/mol. The Labute approximate surface area is 176 Å². The number of rotatable bonds is 5. The van der Waals surface area contributed by atoms with Crippen LogP contribution in [0, 0.1) is 0 Å². The molecule has 2 aromatic carbocycles. The van der Waals surface area contributed by atoms with Crippen molar-refractivity contribution in [3.63, 3.8) is 0 Å². The minimum absolute atomic E-state index is 0.152. The van der Waals surface area contributed by atoms with Gasteiger partial charge in [-0.1, -0.05) is 29.8 Å². The molecule has 1 aromatic heterocycles. The number of benzene rings is 2. The molecule has 0 aliphatic carbocycles. The lowest BCUT2D eigenvalue weighted by molar-refractivity contribution is -0.119. The van der Waals surface area contributed by atoms with E-state index in [1.807, 2.05) is 11.4 Å². The predicted molar refractivity (Wildman–Crippen MR) is 118 cm³/mol. The molecule has 0 aliphatic heterocycles. The maximum Gasteiger partial charge on any atom is 0.265 e. The largest absolute Gasteiger partial charge is 0.332 e. The smallest absolute Gasteiger partial charge is 0.265 e. The van der Waals surface area contributed by atoms with Gasteiger partial charge in [0, 0.05) is 16.4 Å². The molecule has 2 amide bonds. The van der Waals surface area contributed by atoms with Crippen molar-refractivity contribution in [2.75, 3.05) is 10.6 Å². The third-order valence-corrected chi connectivity index (χ3v) is 5.00. The van der Waals surface area contributed by atoms with Gasteiger partial charge in [-0.15, -0.1) is 11.3 Å². The standard InChI is InChI=1S/C20H16ClN3O2S2/c21-14-5-3-13(4-6-14)12-18(25)24-20(27)23-16-9-7-15(8-10-16)22-19(26)17-2-1-11-28-17/h1-11H,12H2,(H,22,26)(H2,23,24,25,27). The summed E-state index contributed by atoms with van der Waals surface area (Å²) in [7, 11) is 0. The van der Waals surface area contributed by atoms with Crippen LogP contribution in [0.15, 0.2) is 66.0 Å². The van der Waals surface area contributed by atoms with E-state index in [0.29, 0.717) is 21.3 Å². The Kier molecular flexibility index (Phi) is 6.76. The van der Waals surface area contributed by atoms with E-state index >= 15 is 0 Å². The van der Waals surface area contributed by atoms with Crippen LogP contribution in [0.5, 0.6) is 0 Å². The first-order valence-electron chi connectivity index (χ1n) is 8.30. The second kappa shape index (κ2) is 9.45. The van der Waals surface area contributed by atoms with Crippen LogP contribution >= 0.6 is 35.2 Å². The second-order valence-electron chi connectivity index (χ2n) is 5.81. The van der Waals surface area contributed by atoms with Crippen molar-refractivity contribution < 1.29 is 9.59 Å². The Hall–Kier alpha value is -2.74. The summed E-state index contributed by atoms with van der Waals surface area (Å²) in [6.07, 6.45) is 0.201. The number of anilines is 2. The monoisotopic (exact) mass is 429 g/mol. The molecule has 3 N–H and O–H groups in total. The van der Waals surface area contributed by atoms with Crippen LogP contribution in [0.3, 0.4) is 0 Å². The van der Waals surface area contributed by atoms with Crippen molar-refractivity contribution in [2.24, 2.45) is 0 Å². The Bertz CT molecular complexity index is 972. The van der Waals surface area contributed by atoms with Crippen LogP contribution in [-0.2, 0) is 11.2 Å². The highest BCUT2D eigenvalue weighted by atomic mass is 35.5. The van der Waals surface area contributed by atoms with Gasteiger partial charge in [-0.2, -0.15) is 0 Å².